The lowest BCUT2D eigenvalue weighted by Crippen LogP contribution is -2.33. The molecular formula is C14H9NO5. The summed E-state index contributed by atoms with van der Waals surface area (Å²) in [4.78, 5) is 40.4. The van der Waals surface area contributed by atoms with E-state index in [2.05, 4.69) is 0 Å². The number of amides is 2. The smallest absolute Gasteiger partial charge is 0.340 e. The third-order valence-electron chi connectivity index (χ3n) is 2.85. The lowest BCUT2D eigenvalue weighted by Gasteiger charge is -2.11. The van der Waals surface area contributed by atoms with E-state index in [0.717, 1.165) is 0 Å². The summed E-state index contributed by atoms with van der Waals surface area (Å²) < 4.78 is 4.99. The summed E-state index contributed by atoms with van der Waals surface area (Å²) in [6, 6.07) is 9.52. The van der Waals surface area contributed by atoms with Crippen molar-refractivity contribution in [3.8, 4) is 0 Å². The minimum absolute atomic E-state index is 0.152. The zero-order chi connectivity index (χ0) is 14.1. The van der Waals surface area contributed by atoms with E-state index in [1.807, 2.05) is 0 Å². The normalized spacial score (nSPS) is 13.5. The van der Waals surface area contributed by atoms with Crippen molar-refractivity contribution in [3.63, 3.8) is 0 Å². The maximum Gasteiger partial charge on any atom is 0.340 e. The van der Waals surface area contributed by atoms with Crippen LogP contribution in [0, 0.1) is 0 Å². The van der Waals surface area contributed by atoms with Crippen molar-refractivity contribution in [2.45, 2.75) is 6.42 Å². The Balaban J connectivity index is 1.75. The molecule has 1 aromatic heterocycles. The van der Waals surface area contributed by atoms with E-state index in [0.29, 0.717) is 10.8 Å². The number of furan rings is 1. The summed E-state index contributed by atoms with van der Waals surface area (Å²) in [6.45, 7) is 0. The number of imide groups is 1. The lowest BCUT2D eigenvalue weighted by atomic mass is 10.1. The predicted octanol–water partition coefficient (Wildman–Crippen LogP) is 1.58. The summed E-state index contributed by atoms with van der Waals surface area (Å²) in [5, 5.41) is 0.482. The Hall–Kier alpha value is -2.89. The van der Waals surface area contributed by atoms with E-state index in [9.17, 15) is 14.4 Å². The monoisotopic (exact) mass is 271 g/mol. The number of benzene rings is 1. The molecular weight excluding hydrogens is 262 g/mol. The van der Waals surface area contributed by atoms with Gasteiger partial charge in [-0.15, -0.1) is 0 Å². The molecule has 0 N–H and O–H groups in total. The number of fused-ring (bicyclic) bond motifs is 1. The molecule has 0 unspecified atom stereocenters. The van der Waals surface area contributed by atoms with Crippen molar-refractivity contribution in [2.75, 3.05) is 0 Å². The van der Waals surface area contributed by atoms with E-state index >= 15 is 0 Å². The Labute approximate surface area is 113 Å². The Morgan fingerprint density at radius 2 is 1.70 bits per heavy atom. The van der Waals surface area contributed by atoms with Crippen LogP contribution in [0.3, 0.4) is 0 Å². The van der Waals surface area contributed by atoms with Crippen molar-refractivity contribution >= 4 is 17.8 Å². The molecule has 2 amide bonds. The van der Waals surface area contributed by atoms with E-state index in [-0.39, 0.29) is 17.5 Å². The fraction of sp³-hybridized carbons (Fsp3) is 0.0714. The molecule has 0 saturated carbocycles. The molecule has 0 aliphatic carbocycles. The van der Waals surface area contributed by atoms with Gasteiger partial charge in [0.1, 0.15) is 12.2 Å². The van der Waals surface area contributed by atoms with Crippen molar-refractivity contribution in [3.05, 3.63) is 59.5 Å². The van der Waals surface area contributed by atoms with Crippen LogP contribution in [0.25, 0.3) is 0 Å². The van der Waals surface area contributed by atoms with Gasteiger partial charge in [-0.1, -0.05) is 17.2 Å². The lowest BCUT2D eigenvalue weighted by molar-refractivity contribution is -0.167. The maximum absolute atomic E-state index is 11.9. The van der Waals surface area contributed by atoms with Crippen LogP contribution in [0.4, 0.5) is 0 Å². The first-order valence-electron chi connectivity index (χ1n) is 5.88. The zero-order valence-electron chi connectivity index (χ0n) is 10.2. The molecule has 1 aromatic carbocycles. The standard InChI is InChI=1S/C14H9NO5/c16-12(8-9-4-3-7-19-9)20-15-13(17)10-5-1-2-6-11(10)14(15)18/h1-7H,8H2. The van der Waals surface area contributed by atoms with Gasteiger partial charge in [-0.25, -0.2) is 4.79 Å². The van der Waals surface area contributed by atoms with Gasteiger partial charge in [0.05, 0.1) is 17.4 Å². The van der Waals surface area contributed by atoms with E-state index < -0.39 is 17.8 Å². The molecule has 0 saturated heterocycles. The van der Waals surface area contributed by atoms with E-state index in [1.54, 1.807) is 24.3 Å². The maximum atomic E-state index is 11.9. The average Bonchev–Trinajstić information content (AvgIpc) is 3.03. The SMILES string of the molecule is O=C(Cc1ccco1)ON1C(=O)c2ccccc2C1=O. The minimum atomic E-state index is -0.741. The quantitative estimate of drug-likeness (QED) is 0.792. The topological polar surface area (TPSA) is 76.8 Å². The highest BCUT2D eigenvalue weighted by atomic mass is 16.7. The summed E-state index contributed by atoms with van der Waals surface area (Å²) >= 11 is 0. The van der Waals surface area contributed by atoms with Gasteiger partial charge in [-0.2, -0.15) is 0 Å². The van der Waals surface area contributed by atoms with Crippen LogP contribution in [0.1, 0.15) is 26.5 Å². The Morgan fingerprint density at radius 3 is 2.25 bits per heavy atom. The third kappa shape index (κ3) is 1.97. The summed E-state index contributed by atoms with van der Waals surface area (Å²) in [6.07, 6.45) is 1.27. The van der Waals surface area contributed by atoms with Gasteiger partial charge >= 0.3 is 5.97 Å². The van der Waals surface area contributed by atoms with Crippen LogP contribution in [0.5, 0.6) is 0 Å². The Morgan fingerprint density at radius 1 is 1.05 bits per heavy atom. The number of hydrogen-bond donors (Lipinski definition) is 0. The highest BCUT2D eigenvalue weighted by Gasteiger charge is 2.38. The number of carbonyl (C=O) groups excluding carboxylic acids is 3. The van der Waals surface area contributed by atoms with Gasteiger partial charge in [0.15, 0.2) is 0 Å². The van der Waals surface area contributed by atoms with Gasteiger partial charge < -0.3 is 9.25 Å². The first kappa shape index (κ1) is 12.2. The van der Waals surface area contributed by atoms with Crippen molar-refractivity contribution in [1.29, 1.82) is 0 Å². The summed E-state index contributed by atoms with van der Waals surface area (Å²) in [7, 11) is 0. The van der Waals surface area contributed by atoms with Gasteiger partial charge in [0.2, 0.25) is 0 Å². The molecule has 0 bridgehead atoms. The molecule has 6 heteroatoms. The molecule has 0 fully saturated rings. The van der Waals surface area contributed by atoms with Crippen molar-refractivity contribution in [2.24, 2.45) is 0 Å². The number of rotatable bonds is 3. The molecule has 20 heavy (non-hydrogen) atoms. The van der Waals surface area contributed by atoms with E-state index in [4.69, 9.17) is 9.25 Å². The predicted molar refractivity (Wildman–Crippen MR) is 65.4 cm³/mol. The van der Waals surface area contributed by atoms with Crippen molar-refractivity contribution < 1.29 is 23.6 Å². The van der Waals surface area contributed by atoms with Crippen LogP contribution in [-0.2, 0) is 16.1 Å². The largest absolute Gasteiger partial charge is 0.469 e. The van der Waals surface area contributed by atoms with Crippen LogP contribution in [0.2, 0.25) is 0 Å². The molecule has 1 aliphatic heterocycles. The average molecular weight is 271 g/mol. The summed E-state index contributed by atoms with van der Waals surface area (Å²) in [5.74, 6) is -1.63. The van der Waals surface area contributed by atoms with Crippen LogP contribution in [0.15, 0.2) is 47.1 Å². The highest BCUT2D eigenvalue weighted by Crippen LogP contribution is 2.22. The third-order valence-corrected chi connectivity index (χ3v) is 2.85. The Kier molecular flexibility index (Phi) is 2.83. The molecule has 0 radical (unpaired) electrons. The van der Waals surface area contributed by atoms with Gasteiger partial charge in [-0.3, -0.25) is 9.59 Å². The molecule has 6 nitrogen and oxygen atoms in total. The van der Waals surface area contributed by atoms with Crippen LogP contribution in [-0.4, -0.2) is 22.8 Å². The number of hydroxylamine groups is 2. The molecule has 100 valence electrons. The second-order valence-corrected chi connectivity index (χ2v) is 4.17. The van der Waals surface area contributed by atoms with Gasteiger partial charge in [-0.05, 0) is 24.3 Å². The molecule has 2 heterocycles. The second kappa shape index (κ2) is 4.65. The fourth-order valence-corrected chi connectivity index (χ4v) is 1.94. The number of nitrogens with zero attached hydrogens (tertiary/aromatic N) is 1. The van der Waals surface area contributed by atoms with Gasteiger partial charge in [0.25, 0.3) is 11.8 Å². The number of carbonyl (C=O) groups is 3. The fourth-order valence-electron chi connectivity index (χ4n) is 1.94. The first-order chi connectivity index (χ1) is 9.66. The van der Waals surface area contributed by atoms with Gasteiger partial charge in [0, 0.05) is 0 Å². The molecule has 3 rings (SSSR count). The molecule has 0 spiro atoms. The minimum Gasteiger partial charge on any atom is -0.469 e. The summed E-state index contributed by atoms with van der Waals surface area (Å²) in [5.41, 5.74) is 0.451. The molecule has 2 aromatic rings. The zero-order valence-corrected chi connectivity index (χ0v) is 10.2. The van der Waals surface area contributed by atoms with E-state index in [1.165, 1.54) is 18.4 Å². The van der Waals surface area contributed by atoms with Crippen molar-refractivity contribution in [1.82, 2.24) is 5.06 Å². The Bertz CT molecular complexity index is 654. The number of hydrogen-bond acceptors (Lipinski definition) is 5. The van der Waals surface area contributed by atoms with Crippen LogP contribution < -0.4 is 0 Å². The molecule has 1 aliphatic rings. The highest BCUT2D eigenvalue weighted by molar-refractivity contribution is 6.20. The first-order valence-corrected chi connectivity index (χ1v) is 5.88. The molecule has 0 atom stereocenters. The second-order valence-electron chi connectivity index (χ2n) is 4.17. The van der Waals surface area contributed by atoms with Crippen LogP contribution >= 0.6 is 0 Å².